The summed E-state index contributed by atoms with van der Waals surface area (Å²) in [6.45, 7) is -2.66. The van der Waals surface area contributed by atoms with Gasteiger partial charge in [-0.15, -0.1) is 0 Å². The summed E-state index contributed by atoms with van der Waals surface area (Å²) >= 11 is 0. The highest BCUT2D eigenvalue weighted by molar-refractivity contribution is 5.78. The zero-order valence-corrected chi connectivity index (χ0v) is 13.6. The maximum atomic E-state index is 12.8. The number of nitrogens with zero attached hydrogens (tertiary/aromatic N) is 5. The van der Waals surface area contributed by atoms with Crippen LogP contribution in [-0.4, -0.2) is 37.2 Å². The Labute approximate surface area is 143 Å². The van der Waals surface area contributed by atoms with Gasteiger partial charge in [0.05, 0.1) is 24.8 Å². The molecule has 130 valence electrons. The molecule has 6 nitrogen and oxygen atoms in total. The van der Waals surface area contributed by atoms with E-state index in [4.69, 9.17) is 0 Å². The largest absolute Gasteiger partial charge is 0.338 e. The number of rotatable bonds is 6. The van der Waals surface area contributed by atoms with Crippen molar-refractivity contribution in [2.75, 3.05) is 7.05 Å². The SMILES string of the molecule is CN(Cc1nccn1C(F)F)C(=O)Cc1cnn(-c2ccccc2)c1. The summed E-state index contributed by atoms with van der Waals surface area (Å²) < 4.78 is 28.1. The molecule has 0 radical (unpaired) electrons. The van der Waals surface area contributed by atoms with E-state index in [1.807, 2.05) is 30.3 Å². The minimum absolute atomic E-state index is 0.0169. The second kappa shape index (κ2) is 7.25. The maximum absolute atomic E-state index is 12.8. The van der Waals surface area contributed by atoms with Crippen LogP contribution in [0.15, 0.2) is 55.1 Å². The molecular weight excluding hydrogens is 328 g/mol. The fourth-order valence-electron chi connectivity index (χ4n) is 2.43. The van der Waals surface area contributed by atoms with E-state index in [9.17, 15) is 13.6 Å². The number of para-hydroxylation sites is 1. The third-order valence-corrected chi connectivity index (χ3v) is 3.78. The first kappa shape index (κ1) is 16.8. The number of alkyl halides is 2. The van der Waals surface area contributed by atoms with Crippen molar-refractivity contribution in [3.05, 3.63) is 66.5 Å². The minimum atomic E-state index is -2.68. The van der Waals surface area contributed by atoms with E-state index in [0.29, 0.717) is 0 Å². The van der Waals surface area contributed by atoms with E-state index >= 15 is 0 Å². The summed E-state index contributed by atoms with van der Waals surface area (Å²) in [4.78, 5) is 17.6. The first-order valence-corrected chi connectivity index (χ1v) is 7.67. The number of hydrogen-bond donors (Lipinski definition) is 0. The van der Waals surface area contributed by atoms with Gasteiger partial charge < -0.3 is 4.90 Å². The van der Waals surface area contributed by atoms with Crippen LogP contribution in [0.4, 0.5) is 8.78 Å². The van der Waals surface area contributed by atoms with Gasteiger partial charge in [0.25, 0.3) is 0 Å². The Morgan fingerprint density at radius 1 is 1.28 bits per heavy atom. The van der Waals surface area contributed by atoms with Crippen LogP contribution in [0.1, 0.15) is 17.9 Å². The summed E-state index contributed by atoms with van der Waals surface area (Å²) in [6, 6.07) is 9.54. The predicted octanol–water partition coefficient (Wildman–Crippen LogP) is 2.67. The van der Waals surface area contributed by atoms with E-state index in [-0.39, 0.29) is 24.7 Å². The van der Waals surface area contributed by atoms with E-state index in [2.05, 4.69) is 10.1 Å². The minimum Gasteiger partial charge on any atom is -0.338 e. The first-order chi connectivity index (χ1) is 12.0. The van der Waals surface area contributed by atoms with Crippen LogP contribution in [0.5, 0.6) is 0 Å². The number of aromatic nitrogens is 4. The third kappa shape index (κ3) is 3.90. The lowest BCUT2D eigenvalue weighted by atomic mass is 10.2. The molecular formula is C17H17F2N5O. The molecule has 1 amide bonds. The van der Waals surface area contributed by atoms with E-state index in [1.165, 1.54) is 17.3 Å². The molecule has 3 aromatic rings. The van der Waals surface area contributed by atoms with Crippen molar-refractivity contribution < 1.29 is 13.6 Å². The zero-order valence-electron chi connectivity index (χ0n) is 13.6. The number of imidazole rings is 1. The van der Waals surface area contributed by atoms with Crippen molar-refractivity contribution in [3.63, 3.8) is 0 Å². The van der Waals surface area contributed by atoms with Crippen LogP contribution in [0.25, 0.3) is 5.69 Å². The third-order valence-electron chi connectivity index (χ3n) is 3.78. The topological polar surface area (TPSA) is 56.0 Å². The highest BCUT2D eigenvalue weighted by atomic mass is 19.3. The highest BCUT2D eigenvalue weighted by Gasteiger charge is 2.17. The van der Waals surface area contributed by atoms with Crippen LogP contribution in [0.2, 0.25) is 0 Å². The molecule has 0 saturated carbocycles. The summed E-state index contributed by atoms with van der Waals surface area (Å²) in [5.74, 6) is -0.0535. The summed E-state index contributed by atoms with van der Waals surface area (Å²) in [7, 11) is 1.56. The Morgan fingerprint density at radius 2 is 2.04 bits per heavy atom. The fourth-order valence-corrected chi connectivity index (χ4v) is 2.43. The van der Waals surface area contributed by atoms with Crippen molar-refractivity contribution >= 4 is 5.91 Å². The molecule has 2 aromatic heterocycles. The highest BCUT2D eigenvalue weighted by Crippen LogP contribution is 2.14. The number of amides is 1. The molecule has 25 heavy (non-hydrogen) atoms. The van der Waals surface area contributed by atoms with Crippen LogP contribution in [-0.2, 0) is 17.8 Å². The van der Waals surface area contributed by atoms with Crippen molar-refractivity contribution in [1.82, 2.24) is 24.2 Å². The Balaban J connectivity index is 1.64. The van der Waals surface area contributed by atoms with Gasteiger partial charge in [-0.05, 0) is 17.7 Å². The average molecular weight is 345 g/mol. The lowest BCUT2D eigenvalue weighted by Gasteiger charge is -2.17. The van der Waals surface area contributed by atoms with Gasteiger partial charge >= 0.3 is 6.55 Å². The fraction of sp³-hybridized carbons (Fsp3) is 0.235. The zero-order chi connectivity index (χ0) is 17.8. The molecule has 1 aromatic carbocycles. The van der Waals surface area contributed by atoms with E-state index in [1.54, 1.807) is 24.1 Å². The van der Waals surface area contributed by atoms with Gasteiger partial charge in [0, 0.05) is 25.6 Å². The van der Waals surface area contributed by atoms with Gasteiger partial charge in [0.2, 0.25) is 5.91 Å². The van der Waals surface area contributed by atoms with E-state index in [0.717, 1.165) is 15.8 Å². The number of likely N-dealkylation sites (N-methyl/N-ethyl adjacent to an activating group) is 1. The molecule has 3 rings (SSSR count). The van der Waals surface area contributed by atoms with Gasteiger partial charge in [-0.25, -0.2) is 9.67 Å². The van der Waals surface area contributed by atoms with Gasteiger partial charge in [-0.1, -0.05) is 18.2 Å². The average Bonchev–Trinajstić information content (AvgIpc) is 3.25. The van der Waals surface area contributed by atoms with Crippen LogP contribution < -0.4 is 0 Å². The Bertz CT molecular complexity index is 844. The summed E-state index contributed by atoms with van der Waals surface area (Å²) in [5, 5.41) is 4.24. The quantitative estimate of drug-likeness (QED) is 0.690. The first-order valence-electron chi connectivity index (χ1n) is 7.67. The molecule has 0 atom stereocenters. The Kier molecular flexibility index (Phi) is 4.87. The lowest BCUT2D eigenvalue weighted by Crippen LogP contribution is -2.29. The molecule has 0 fully saturated rings. The molecule has 0 bridgehead atoms. The molecule has 2 heterocycles. The smallest absolute Gasteiger partial charge is 0.319 e. The maximum Gasteiger partial charge on any atom is 0.319 e. The molecule has 0 aliphatic carbocycles. The predicted molar refractivity (Wildman–Crippen MR) is 87.2 cm³/mol. The normalized spacial score (nSPS) is 11.0. The summed E-state index contributed by atoms with van der Waals surface area (Å²) in [5.41, 5.74) is 1.64. The standard InChI is InChI=1S/C17H17F2N5O/c1-22(12-15-20-7-8-23(15)17(18)19)16(25)9-13-10-21-24(11-13)14-5-3-2-4-6-14/h2-8,10-11,17H,9,12H2,1H3. The Hall–Kier alpha value is -3.03. The lowest BCUT2D eigenvalue weighted by molar-refractivity contribution is -0.129. The van der Waals surface area contributed by atoms with Crippen LogP contribution >= 0.6 is 0 Å². The second-order valence-electron chi connectivity index (χ2n) is 5.58. The van der Waals surface area contributed by atoms with Gasteiger partial charge in [0.15, 0.2) is 0 Å². The monoisotopic (exact) mass is 345 g/mol. The molecule has 0 saturated heterocycles. The molecule has 0 aliphatic rings. The summed E-state index contributed by atoms with van der Waals surface area (Å²) in [6.07, 6.45) is 6.03. The second-order valence-corrected chi connectivity index (χ2v) is 5.58. The van der Waals surface area contributed by atoms with Crippen molar-refractivity contribution in [3.8, 4) is 5.69 Å². The number of hydrogen-bond acceptors (Lipinski definition) is 3. The van der Waals surface area contributed by atoms with Crippen molar-refractivity contribution in [2.24, 2.45) is 0 Å². The van der Waals surface area contributed by atoms with E-state index < -0.39 is 6.55 Å². The number of carbonyl (C=O) groups is 1. The van der Waals surface area contributed by atoms with Gasteiger partial charge in [0.1, 0.15) is 5.82 Å². The van der Waals surface area contributed by atoms with Gasteiger partial charge in [-0.3, -0.25) is 9.36 Å². The number of carbonyl (C=O) groups excluding carboxylic acids is 1. The molecule has 8 heteroatoms. The van der Waals surface area contributed by atoms with Crippen LogP contribution in [0.3, 0.4) is 0 Å². The number of benzene rings is 1. The van der Waals surface area contributed by atoms with Gasteiger partial charge in [-0.2, -0.15) is 13.9 Å². The molecule has 0 N–H and O–H groups in total. The Morgan fingerprint density at radius 3 is 2.76 bits per heavy atom. The van der Waals surface area contributed by atoms with Crippen molar-refractivity contribution in [2.45, 2.75) is 19.5 Å². The van der Waals surface area contributed by atoms with Crippen LogP contribution in [0, 0.1) is 0 Å². The van der Waals surface area contributed by atoms with Crippen molar-refractivity contribution in [1.29, 1.82) is 0 Å². The molecule has 0 spiro atoms. The number of halogens is 2. The molecule has 0 unspecified atom stereocenters. The molecule has 0 aliphatic heterocycles.